The maximum atomic E-state index is 12.6. The molecule has 3 nitrogen and oxygen atoms in total. The molecule has 1 amide bonds. The van der Waals surface area contributed by atoms with Crippen LogP contribution in [-0.2, 0) is 11.2 Å². The van der Waals surface area contributed by atoms with E-state index in [-0.39, 0.29) is 11.3 Å². The quantitative estimate of drug-likeness (QED) is 0.262. The molecule has 0 fully saturated rings. The Hall–Kier alpha value is -2.05. The summed E-state index contributed by atoms with van der Waals surface area (Å²) in [6.07, 6.45) is 0. The Morgan fingerprint density at radius 1 is 1.00 bits per heavy atom. The summed E-state index contributed by atoms with van der Waals surface area (Å²) in [5.74, 6) is 0.643. The summed E-state index contributed by atoms with van der Waals surface area (Å²) in [7, 11) is 0. The molecule has 0 atom stereocenters. The van der Waals surface area contributed by atoms with Gasteiger partial charge in [0.25, 0.3) is 5.91 Å². The largest absolute Gasteiger partial charge is 0.322 e. The van der Waals surface area contributed by atoms with Crippen LogP contribution in [0.15, 0.2) is 52.9 Å². The van der Waals surface area contributed by atoms with Gasteiger partial charge in [-0.05, 0) is 77.9 Å². The Balaban J connectivity index is 1.48. The van der Waals surface area contributed by atoms with E-state index in [4.69, 9.17) is 28.2 Å². The monoisotopic (exact) mass is 528 g/mol. The fraction of sp³-hybridized carbons (Fsp3) is 0.259. The van der Waals surface area contributed by atoms with Crippen LogP contribution in [0.3, 0.4) is 0 Å². The number of rotatable bonds is 5. The molecule has 0 saturated carbocycles. The van der Waals surface area contributed by atoms with Crippen molar-refractivity contribution in [1.29, 1.82) is 0 Å². The zero-order valence-electron chi connectivity index (χ0n) is 19.8. The summed E-state index contributed by atoms with van der Waals surface area (Å²) in [5.41, 5.74) is 7.62. The Morgan fingerprint density at radius 2 is 1.71 bits per heavy atom. The first-order valence-electron chi connectivity index (χ1n) is 10.9. The van der Waals surface area contributed by atoms with E-state index >= 15 is 0 Å². The van der Waals surface area contributed by atoms with Crippen molar-refractivity contribution in [3.05, 3.63) is 86.4 Å². The summed E-state index contributed by atoms with van der Waals surface area (Å²) in [6, 6.07) is 15.2. The number of hydrogen-bond acceptors (Lipinski definition) is 4. The lowest BCUT2D eigenvalue weighted by Gasteiger charge is -2.22. The number of hydrogen-bond donors (Lipinski definition) is 1. The van der Waals surface area contributed by atoms with Crippen molar-refractivity contribution in [3.63, 3.8) is 0 Å². The predicted octanol–water partition coefficient (Wildman–Crippen LogP) is 9.06. The second-order valence-electron chi connectivity index (χ2n) is 9.37. The van der Waals surface area contributed by atoms with Crippen molar-refractivity contribution < 1.29 is 4.79 Å². The van der Waals surface area contributed by atoms with E-state index in [2.05, 4.69) is 52.1 Å². The summed E-state index contributed by atoms with van der Waals surface area (Å²) >= 11 is 15.4. The molecule has 1 heterocycles. The summed E-state index contributed by atoms with van der Waals surface area (Å²) in [6.45, 7) is 11.1. The first kappa shape index (κ1) is 25.1. The van der Waals surface area contributed by atoms with E-state index in [1.807, 2.05) is 18.2 Å². The summed E-state index contributed by atoms with van der Waals surface area (Å²) in [4.78, 5) is 17.4. The van der Waals surface area contributed by atoms with Gasteiger partial charge in [-0.15, -0.1) is 11.3 Å². The van der Waals surface area contributed by atoms with Crippen molar-refractivity contribution in [2.45, 2.75) is 50.1 Å². The molecule has 0 aliphatic heterocycles. The van der Waals surface area contributed by atoms with Crippen LogP contribution < -0.4 is 5.32 Å². The number of benzene rings is 3. The topological polar surface area (TPSA) is 42.0 Å². The fourth-order valence-corrected chi connectivity index (χ4v) is 6.27. The number of nitrogens with zero attached hydrogens (tertiary/aromatic N) is 1. The highest BCUT2D eigenvalue weighted by molar-refractivity contribution is 8.00. The molecule has 4 rings (SSSR count). The third kappa shape index (κ3) is 5.60. The number of thiazole rings is 1. The van der Waals surface area contributed by atoms with Gasteiger partial charge in [0.05, 0.1) is 20.3 Å². The van der Waals surface area contributed by atoms with Crippen LogP contribution in [0.25, 0.3) is 10.2 Å². The van der Waals surface area contributed by atoms with Crippen LogP contribution >= 0.6 is 46.3 Å². The van der Waals surface area contributed by atoms with Crippen LogP contribution in [0.1, 0.15) is 53.4 Å². The van der Waals surface area contributed by atoms with Gasteiger partial charge in [0.2, 0.25) is 0 Å². The lowest BCUT2D eigenvalue weighted by Crippen LogP contribution is -2.12. The lowest BCUT2D eigenvalue weighted by atomic mass is 9.84. The van der Waals surface area contributed by atoms with Crippen molar-refractivity contribution in [2.75, 3.05) is 5.32 Å². The van der Waals surface area contributed by atoms with Gasteiger partial charge < -0.3 is 5.32 Å². The highest BCUT2D eigenvalue weighted by Gasteiger charge is 2.17. The fourth-order valence-electron chi connectivity index (χ4n) is 3.67. The van der Waals surface area contributed by atoms with Gasteiger partial charge in [0.1, 0.15) is 0 Å². The zero-order valence-corrected chi connectivity index (χ0v) is 22.9. The van der Waals surface area contributed by atoms with E-state index in [1.54, 1.807) is 41.3 Å². The number of aromatic nitrogens is 1. The molecule has 3 aromatic carbocycles. The van der Waals surface area contributed by atoms with E-state index < -0.39 is 0 Å². The van der Waals surface area contributed by atoms with Gasteiger partial charge in [-0.3, -0.25) is 4.79 Å². The maximum absolute atomic E-state index is 12.6. The molecule has 1 N–H and O–H groups in total. The number of carbonyl (C=O) groups is 1. The molecule has 1 aromatic heterocycles. The number of amides is 1. The number of aryl methyl sites for hydroxylation is 2. The molecule has 0 saturated heterocycles. The first-order valence-corrected chi connectivity index (χ1v) is 13.5. The standard InChI is InChI=1S/C27H26Cl2N2OS2/c1-15-10-18(27(3,4)5)11-16(2)20(15)14-33-26-31-23-9-7-19(13-24(23)34-26)30-25(32)17-6-8-21(28)22(29)12-17/h6-13H,14H2,1-5H3,(H,30,32). The Bertz CT molecular complexity index is 1370. The van der Waals surface area contributed by atoms with E-state index in [0.717, 1.165) is 20.3 Å². The van der Waals surface area contributed by atoms with Crippen molar-refractivity contribution in [3.8, 4) is 0 Å². The minimum Gasteiger partial charge on any atom is -0.322 e. The lowest BCUT2D eigenvalue weighted by molar-refractivity contribution is 0.102. The first-order chi connectivity index (χ1) is 16.0. The molecule has 0 unspecified atom stereocenters. The van der Waals surface area contributed by atoms with Gasteiger partial charge in [-0.1, -0.05) is 67.9 Å². The number of carbonyl (C=O) groups excluding carboxylic acids is 1. The van der Waals surface area contributed by atoms with Crippen LogP contribution in [0.4, 0.5) is 5.69 Å². The van der Waals surface area contributed by atoms with Gasteiger partial charge in [-0.25, -0.2) is 4.98 Å². The van der Waals surface area contributed by atoms with Crippen LogP contribution in [0.2, 0.25) is 10.0 Å². The van der Waals surface area contributed by atoms with E-state index in [1.165, 1.54) is 22.3 Å². The number of nitrogens with one attached hydrogen (secondary N) is 1. The van der Waals surface area contributed by atoms with Crippen molar-refractivity contribution in [2.24, 2.45) is 0 Å². The van der Waals surface area contributed by atoms with Crippen molar-refractivity contribution in [1.82, 2.24) is 4.98 Å². The van der Waals surface area contributed by atoms with Crippen LogP contribution in [-0.4, -0.2) is 10.9 Å². The molecule has 0 spiro atoms. The van der Waals surface area contributed by atoms with E-state index in [9.17, 15) is 4.79 Å². The highest BCUT2D eigenvalue weighted by Crippen LogP contribution is 2.35. The van der Waals surface area contributed by atoms with Gasteiger partial charge in [0, 0.05) is 17.0 Å². The second-order valence-corrected chi connectivity index (χ2v) is 12.4. The summed E-state index contributed by atoms with van der Waals surface area (Å²) in [5, 5.41) is 3.70. The minimum atomic E-state index is -0.235. The number of anilines is 1. The molecular formula is C27H26Cl2N2OS2. The molecule has 0 radical (unpaired) electrons. The molecule has 176 valence electrons. The van der Waals surface area contributed by atoms with Gasteiger partial charge >= 0.3 is 0 Å². The molecule has 0 bridgehead atoms. The SMILES string of the molecule is Cc1cc(C(C)(C)C)cc(C)c1CSc1nc2ccc(NC(=O)c3ccc(Cl)c(Cl)c3)cc2s1. The maximum Gasteiger partial charge on any atom is 0.255 e. The average Bonchev–Trinajstić information content (AvgIpc) is 3.16. The van der Waals surface area contributed by atoms with Crippen molar-refractivity contribution >= 4 is 68.1 Å². The Labute approximate surface area is 218 Å². The Kier molecular flexibility index (Phi) is 7.30. The molecular weight excluding hydrogens is 503 g/mol. The zero-order chi connectivity index (χ0) is 24.6. The predicted molar refractivity (Wildman–Crippen MR) is 148 cm³/mol. The Morgan fingerprint density at radius 3 is 2.35 bits per heavy atom. The highest BCUT2D eigenvalue weighted by atomic mass is 35.5. The second kappa shape index (κ2) is 9.90. The molecule has 7 heteroatoms. The van der Waals surface area contributed by atoms with Gasteiger partial charge in [-0.2, -0.15) is 0 Å². The molecule has 0 aliphatic carbocycles. The number of thioether (sulfide) groups is 1. The molecule has 4 aromatic rings. The van der Waals surface area contributed by atoms with Crippen LogP contribution in [0.5, 0.6) is 0 Å². The van der Waals surface area contributed by atoms with Gasteiger partial charge in [0.15, 0.2) is 4.34 Å². The summed E-state index contributed by atoms with van der Waals surface area (Å²) < 4.78 is 2.05. The normalized spacial score (nSPS) is 11.7. The number of fused-ring (bicyclic) bond motifs is 1. The van der Waals surface area contributed by atoms with Crippen LogP contribution in [0, 0.1) is 13.8 Å². The number of halogens is 2. The average molecular weight is 530 g/mol. The molecule has 34 heavy (non-hydrogen) atoms. The van der Waals surface area contributed by atoms with E-state index in [0.29, 0.717) is 21.3 Å². The smallest absolute Gasteiger partial charge is 0.255 e. The third-order valence-corrected chi connectivity index (χ3v) is 8.64. The molecule has 0 aliphatic rings. The third-order valence-electron chi connectivity index (χ3n) is 5.71. The minimum absolute atomic E-state index is 0.140.